The molecule has 0 heterocycles. The summed E-state index contributed by atoms with van der Waals surface area (Å²) in [7, 11) is 0. The zero-order valence-corrected chi connectivity index (χ0v) is 13.7. The molecule has 0 saturated heterocycles. The molecule has 0 N–H and O–H groups in total. The summed E-state index contributed by atoms with van der Waals surface area (Å²) >= 11 is 0. The van der Waals surface area contributed by atoms with Gasteiger partial charge in [0.05, 0.1) is 0 Å². The fourth-order valence-corrected chi connectivity index (χ4v) is 2.17. The van der Waals surface area contributed by atoms with Gasteiger partial charge in [-0.2, -0.15) is 0 Å². The van der Waals surface area contributed by atoms with Crippen molar-refractivity contribution < 1.29 is 9.47 Å². The third-order valence-corrected chi connectivity index (χ3v) is 3.40. The van der Waals surface area contributed by atoms with Gasteiger partial charge in [-0.05, 0) is 53.0 Å². The maximum Gasteiger partial charge on any atom is 0.170 e. The van der Waals surface area contributed by atoms with Gasteiger partial charge in [0.25, 0.3) is 0 Å². The lowest BCUT2D eigenvalue weighted by molar-refractivity contribution is -0.146. The summed E-state index contributed by atoms with van der Waals surface area (Å²) in [6.45, 7) is 18.6. The Morgan fingerprint density at radius 3 is 1.63 bits per heavy atom. The lowest BCUT2D eigenvalue weighted by atomic mass is 10.3. The van der Waals surface area contributed by atoms with E-state index in [0.717, 1.165) is 32.7 Å². The van der Waals surface area contributed by atoms with Gasteiger partial charge < -0.3 is 14.4 Å². The van der Waals surface area contributed by atoms with E-state index in [-0.39, 0.29) is 6.29 Å². The van der Waals surface area contributed by atoms with Crippen molar-refractivity contribution in [1.29, 1.82) is 0 Å². The largest absolute Gasteiger partial charge is 0.352 e. The van der Waals surface area contributed by atoms with Gasteiger partial charge >= 0.3 is 0 Å². The van der Waals surface area contributed by atoms with Crippen molar-refractivity contribution in [2.45, 2.75) is 47.3 Å². The van der Waals surface area contributed by atoms with Crippen LogP contribution >= 0.6 is 0 Å². The van der Waals surface area contributed by atoms with Crippen LogP contribution in [0.3, 0.4) is 0 Å². The Balaban J connectivity index is 3.97. The number of nitrogens with zero attached hydrogens (tertiary/aromatic N) is 2. The quantitative estimate of drug-likeness (QED) is 0.482. The van der Waals surface area contributed by atoms with Crippen LogP contribution in [0.25, 0.3) is 0 Å². The third kappa shape index (κ3) is 9.38. The van der Waals surface area contributed by atoms with E-state index in [4.69, 9.17) is 9.47 Å². The van der Waals surface area contributed by atoms with Crippen LogP contribution in [0.4, 0.5) is 0 Å². The molecule has 0 aromatic carbocycles. The smallest absolute Gasteiger partial charge is 0.170 e. The average molecular weight is 274 g/mol. The molecule has 19 heavy (non-hydrogen) atoms. The van der Waals surface area contributed by atoms with E-state index >= 15 is 0 Å². The number of ether oxygens (including phenoxy) is 2. The van der Waals surface area contributed by atoms with Crippen LogP contribution in [0.15, 0.2) is 0 Å². The second-order valence-corrected chi connectivity index (χ2v) is 4.61. The van der Waals surface area contributed by atoms with Crippen molar-refractivity contribution in [2.75, 3.05) is 52.5 Å². The van der Waals surface area contributed by atoms with Crippen LogP contribution in [-0.4, -0.2) is 68.6 Å². The van der Waals surface area contributed by atoms with Crippen molar-refractivity contribution in [2.24, 2.45) is 0 Å². The Kier molecular flexibility index (Phi) is 12.7. The molecule has 0 aromatic heterocycles. The molecular formula is C15H34N2O2. The summed E-state index contributed by atoms with van der Waals surface area (Å²) in [6.07, 6.45) is 1.13. The van der Waals surface area contributed by atoms with Gasteiger partial charge in [0.1, 0.15) is 0 Å². The Bertz CT molecular complexity index is 181. The SMILES string of the molecule is CCOC(CN(CC)CCCN(CC)CC)OCC. The van der Waals surface area contributed by atoms with E-state index in [9.17, 15) is 0 Å². The first-order valence-corrected chi connectivity index (χ1v) is 7.89. The Hall–Kier alpha value is -0.160. The van der Waals surface area contributed by atoms with Gasteiger partial charge in [-0.25, -0.2) is 0 Å². The fraction of sp³-hybridized carbons (Fsp3) is 1.00. The lowest BCUT2D eigenvalue weighted by Gasteiger charge is -2.27. The predicted molar refractivity (Wildman–Crippen MR) is 81.6 cm³/mol. The van der Waals surface area contributed by atoms with Gasteiger partial charge in [0.15, 0.2) is 6.29 Å². The molecule has 116 valence electrons. The molecule has 0 spiro atoms. The minimum absolute atomic E-state index is 0.0802. The van der Waals surface area contributed by atoms with Gasteiger partial charge in [-0.3, -0.25) is 4.90 Å². The zero-order valence-electron chi connectivity index (χ0n) is 13.7. The highest BCUT2D eigenvalue weighted by molar-refractivity contribution is 4.61. The van der Waals surface area contributed by atoms with Crippen molar-refractivity contribution in [3.63, 3.8) is 0 Å². The lowest BCUT2D eigenvalue weighted by Crippen LogP contribution is -2.37. The standard InChI is InChI=1S/C15H34N2O2/c1-6-16(7-2)12-11-13-17(8-3)14-15(18-9-4)19-10-5/h15H,6-14H2,1-5H3. The fourth-order valence-electron chi connectivity index (χ4n) is 2.17. The molecule has 0 aliphatic heterocycles. The summed E-state index contributed by atoms with van der Waals surface area (Å²) in [5, 5.41) is 0. The molecule has 0 aliphatic carbocycles. The molecular weight excluding hydrogens is 240 g/mol. The van der Waals surface area contributed by atoms with E-state index in [1.807, 2.05) is 13.8 Å². The minimum Gasteiger partial charge on any atom is -0.352 e. The Morgan fingerprint density at radius 1 is 0.737 bits per heavy atom. The molecule has 0 atom stereocenters. The second-order valence-electron chi connectivity index (χ2n) is 4.61. The highest BCUT2D eigenvalue weighted by Crippen LogP contribution is 2.02. The predicted octanol–water partition coefficient (Wildman–Crippen LogP) is 2.44. The second kappa shape index (κ2) is 12.9. The number of hydrogen-bond acceptors (Lipinski definition) is 4. The summed E-state index contributed by atoms with van der Waals surface area (Å²) in [5.74, 6) is 0. The first kappa shape index (κ1) is 18.8. The van der Waals surface area contributed by atoms with Gasteiger partial charge in [0.2, 0.25) is 0 Å². The molecule has 0 bridgehead atoms. The number of hydrogen-bond donors (Lipinski definition) is 0. The van der Waals surface area contributed by atoms with Crippen LogP contribution in [0.1, 0.15) is 41.0 Å². The average Bonchev–Trinajstić information content (AvgIpc) is 2.42. The Labute approximate surface area is 120 Å². The van der Waals surface area contributed by atoms with E-state index < -0.39 is 0 Å². The van der Waals surface area contributed by atoms with E-state index in [1.54, 1.807) is 0 Å². The first-order chi connectivity index (χ1) is 9.21. The van der Waals surface area contributed by atoms with Crippen LogP contribution in [0.2, 0.25) is 0 Å². The minimum atomic E-state index is -0.0802. The third-order valence-electron chi connectivity index (χ3n) is 3.40. The van der Waals surface area contributed by atoms with Crippen molar-refractivity contribution in [3.8, 4) is 0 Å². The van der Waals surface area contributed by atoms with Crippen LogP contribution < -0.4 is 0 Å². The van der Waals surface area contributed by atoms with Crippen LogP contribution in [0, 0.1) is 0 Å². The Morgan fingerprint density at radius 2 is 1.21 bits per heavy atom. The maximum absolute atomic E-state index is 5.61. The summed E-state index contributed by atoms with van der Waals surface area (Å²) in [4.78, 5) is 4.88. The number of rotatable bonds is 13. The summed E-state index contributed by atoms with van der Waals surface area (Å²) in [5.41, 5.74) is 0. The molecule has 0 rings (SSSR count). The van der Waals surface area contributed by atoms with Gasteiger partial charge in [-0.15, -0.1) is 0 Å². The van der Waals surface area contributed by atoms with Crippen molar-refractivity contribution >= 4 is 0 Å². The zero-order chi connectivity index (χ0) is 14.5. The normalized spacial score (nSPS) is 12.0. The molecule has 0 aromatic rings. The van der Waals surface area contributed by atoms with Crippen molar-refractivity contribution in [1.82, 2.24) is 9.80 Å². The monoisotopic (exact) mass is 274 g/mol. The van der Waals surface area contributed by atoms with E-state index in [1.165, 1.54) is 13.0 Å². The molecule has 4 heteroatoms. The molecule has 4 nitrogen and oxygen atoms in total. The molecule has 0 saturated carbocycles. The van der Waals surface area contributed by atoms with Gasteiger partial charge in [0, 0.05) is 19.8 Å². The molecule has 0 amide bonds. The summed E-state index contributed by atoms with van der Waals surface area (Å²) < 4.78 is 11.2. The molecule has 0 radical (unpaired) electrons. The number of likely N-dealkylation sites (N-methyl/N-ethyl adjacent to an activating group) is 1. The van der Waals surface area contributed by atoms with Crippen LogP contribution in [0.5, 0.6) is 0 Å². The van der Waals surface area contributed by atoms with E-state index in [2.05, 4.69) is 30.6 Å². The highest BCUT2D eigenvalue weighted by atomic mass is 16.7. The maximum atomic E-state index is 5.61. The first-order valence-electron chi connectivity index (χ1n) is 7.89. The molecule has 0 fully saturated rings. The molecule has 0 unspecified atom stereocenters. The molecule has 0 aliphatic rings. The van der Waals surface area contributed by atoms with Crippen LogP contribution in [-0.2, 0) is 9.47 Å². The van der Waals surface area contributed by atoms with Gasteiger partial charge in [-0.1, -0.05) is 20.8 Å². The van der Waals surface area contributed by atoms with E-state index in [0.29, 0.717) is 13.2 Å². The topological polar surface area (TPSA) is 24.9 Å². The van der Waals surface area contributed by atoms with Crippen molar-refractivity contribution in [3.05, 3.63) is 0 Å². The highest BCUT2D eigenvalue weighted by Gasteiger charge is 2.13. The summed E-state index contributed by atoms with van der Waals surface area (Å²) in [6, 6.07) is 0.